The summed E-state index contributed by atoms with van der Waals surface area (Å²) in [6.07, 6.45) is 3.21. The summed E-state index contributed by atoms with van der Waals surface area (Å²) in [6.45, 7) is 5.61. The highest BCUT2D eigenvalue weighted by atomic mass is 16.4. The third-order valence-corrected chi connectivity index (χ3v) is 5.20. The lowest BCUT2D eigenvalue weighted by Gasteiger charge is -2.39. The fourth-order valence-corrected chi connectivity index (χ4v) is 3.66. The molecule has 1 aromatic carbocycles. The molecule has 1 fully saturated rings. The minimum Gasteiger partial charge on any atom is -0.481 e. The van der Waals surface area contributed by atoms with Crippen molar-refractivity contribution in [3.63, 3.8) is 0 Å². The summed E-state index contributed by atoms with van der Waals surface area (Å²) in [4.78, 5) is 36.2. The van der Waals surface area contributed by atoms with E-state index in [4.69, 9.17) is 0 Å². The number of carbonyl (C=O) groups excluding carboxylic acids is 2. The van der Waals surface area contributed by atoms with Crippen LogP contribution in [0.4, 0.5) is 0 Å². The van der Waals surface area contributed by atoms with Crippen molar-refractivity contribution in [2.24, 2.45) is 5.92 Å². The molecule has 1 aromatic rings. The van der Waals surface area contributed by atoms with Crippen molar-refractivity contribution in [1.29, 1.82) is 0 Å². The summed E-state index contributed by atoms with van der Waals surface area (Å²) < 4.78 is 0. The van der Waals surface area contributed by atoms with Crippen LogP contribution < -0.4 is 5.32 Å². The molecule has 2 N–H and O–H groups in total. The van der Waals surface area contributed by atoms with Gasteiger partial charge < -0.3 is 10.4 Å². The van der Waals surface area contributed by atoms with Gasteiger partial charge in [-0.2, -0.15) is 0 Å². The Morgan fingerprint density at radius 1 is 1.20 bits per heavy atom. The van der Waals surface area contributed by atoms with Crippen LogP contribution in [0.3, 0.4) is 0 Å². The molecule has 5 heteroatoms. The van der Waals surface area contributed by atoms with E-state index in [1.54, 1.807) is 6.92 Å². The van der Waals surface area contributed by atoms with Crippen LogP contribution in [-0.4, -0.2) is 28.3 Å². The van der Waals surface area contributed by atoms with Gasteiger partial charge in [0.1, 0.15) is 0 Å². The summed E-state index contributed by atoms with van der Waals surface area (Å²) in [5.41, 5.74) is 1.84. The number of carboxylic acid groups (broad SMARTS) is 1. The van der Waals surface area contributed by atoms with Gasteiger partial charge in [0.05, 0.1) is 11.5 Å². The van der Waals surface area contributed by atoms with Crippen molar-refractivity contribution < 1.29 is 19.5 Å². The number of benzene rings is 1. The summed E-state index contributed by atoms with van der Waals surface area (Å²) in [6, 6.07) is 5.70. The molecule has 2 atom stereocenters. The van der Waals surface area contributed by atoms with Crippen molar-refractivity contribution in [1.82, 2.24) is 5.32 Å². The SMILES string of the molecule is Cc1ccc(C)c(C(=O)CCC(=O)NC2(C)CCCCC2C(=O)O)c1. The lowest BCUT2D eigenvalue weighted by molar-refractivity contribution is -0.146. The molecule has 2 unspecified atom stereocenters. The van der Waals surface area contributed by atoms with Crippen LogP contribution in [0.5, 0.6) is 0 Å². The quantitative estimate of drug-likeness (QED) is 0.774. The molecule has 0 saturated heterocycles. The predicted molar refractivity (Wildman–Crippen MR) is 95.6 cm³/mol. The zero-order valence-corrected chi connectivity index (χ0v) is 15.2. The number of hydrogen-bond acceptors (Lipinski definition) is 3. The molecule has 2 rings (SSSR count). The van der Waals surface area contributed by atoms with E-state index in [2.05, 4.69) is 5.32 Å². The maximum atomic E-state index is 12.4. The third kappa shape index (κ3) is 4.68. The van der Waals surface area contributed by atoms with Gasteiger partial charge in [0.15, 0.2) is 5.78 Å². The molecule has 1 amide bonds. The van der Waals surface area contributed by atoms with Gasteiger partial charge in [-0.3, -0.25) is 14.4 Å². The Morgan fingerprint density at radius 2 is 1.92 bits per heavy atom. The number of amides is 1. The van der Waals surface area contributed by atoms with E-state index in [0.29, 0.717) is 18.4 Å². The second-order valence-electron chi connectivity index (χ2n) is 7.34. The molecule has 0 aromatic heterocycles. The number of carbonyl (C=O) groups is 3. The van der Waals surface area contributed by atoms with E-state index in [0.717, 1.165) is 24.0 Å². The van der Waals surface area contributed by atoms with Gasteiger partial charge in [0.2, 0.25) is 5.91 Å². The summed E-state index contributed by atoms with van der Waals surface area (Å²) in [7, 11) is 0. The molecule has 5 nitrogen and oxygen atoms in total. The van der Waals surface area contributed by atoms with Gasteiger partial charge in [-0.15, -0.1) is 0 Å². The number of ketones is 1. The number of nitrogens with one attached hydrogen (secondary N) is 1. The number of Topliss-reactive ketones (excluding diaryl/α,β-unsaturated/α-hetero) is 1. The van der Waals surface area contributed by atoms with Crippen LogP contribution in [-0.2, 0) is 9.59 Å². The lowest BCUT2D eigenvalue weighted by Crippen LogP contribution is -2.55. The van der Waals surface area contributed by atoms with Crippen molar-refractivity contribution >= 4 is 17.7 Å². The zero-order chi connectivity index (χ0) is 18.6. The van der Waals surface area contributed by atoms with Gasteiger partial charge in [-0.05, 0) is 45.2 Å². The summed E-state index contributed by atoms with van der Waals surface area (Å²) in [5, 5.41) is 12.3. The van der Waals surface area contributed by atoms with Gasteiger partial charge in [-0.25, -0.2) is 0 Å². The smallest absolute Gasteiger partial charge is 0.308 e. The zero-order valence-electron chi connectivity index (χ0n) is 15.2. The Balaban J connectivity index is 1.96. The first-order chi connectivity index (χ1) is 11.7. The molecule has 0 aliphatic heterocycles. The molecular formula is C20H27NO4. The monoisotopic (exact) mass is 345 g/mol. The van der Waals surface area contributed by atoms with Crippen LogP contribution in [0.25, 0.3) is 0 Å². The van der Waals surface area contributed by atoms with Crippen molar-refractivity contribution in [2.75, 3.05) is 0 Å². The first-order valence-corrected chi connectivity index (χ1v) is 8.87. The molecule has 0 spiro atoms. The minimum absolute atomic E-state index is 0.0556. The highest BCUT2D eigenvalue weighted by Gasteiger charge is 2.42. The molecular weight excluding hydrogens is 318 g/mol. The lowest BCUT2D eigenvalue weighted by atomic mass is 9.74. The average Bonchev–Trinajstić information content (AvgIpc) is 2.54. The van der Waals surface area contributed by atoms with Crippen LogP contribution >= 0.6 is 0 Å². The largest absolute Gasteiger partial charge is 0.481 e. The van der Waals surface area contributed by atoms with Crippen molar-refractivity contribution in [2.45, 2.75) is 64.8 Å². The molecule has 0 heterocycles. The highest BCUT2D eigenvalue weighted by molar-refractivity contribution is 5.99. The molecule has 1 aliphatic rings. The minimum atomic E-state index is -0.867. The Bertz CT molecular complexity index is 682. The van der Waals surface area contributed by atoms with E-state index >= 15 is 0 Å². The fourth-order valence-electron chi connectivity index (χ4n) is 3.66. The van der Waals surface area contributed by atoms with Crippen LogP contribution in [0, 0.1) is 19.8 Å². The molecule has 0 radical (unpaired) electrons. The Kier molecular flexibility index (Phi) is 5.98. The number of hydrogen-bond donors (Lipinski definition) is 2. The molecule has 1 saturated carbocycles. The van der Waals surface area contributed by atoms with Gasteiger partial charge in [-0.1, -0.05) is 30.5 Å². The first kappa shape index (κ1) is 19.2. The molecule has 136 valence electrons. The van der Waals surface area contributed by atoms with Crippen molar-refractivity contribution in [3.8, 4) is 0 Å². The van der Waals surface area contributed by atoms with E-state index < -0.39 is 17.4 Å². The van der Waals surface area contributed by atoms with Gasteiger partial charge in [0, 0.05) is 18.4 Å². The number of aliphatic carboxylic acids is 1. The standard InChI is InChI=1S/C20H27NO4/c1-13-7-8-14(2)15(12-13)17(22)9-10-18(23)21-20(3)11-5-4-6-16(20)19(24)25/h7-8,12,16H,4-6,9-11H2,1-3H3,(H,21,23)(H,24,25). The fraction of sp³-hybridized carbons (Fsp3) is 0.550. The van der Waals surface area contributed by atoms with E-state index in [-0.39, 0.29) is 24.5 Å². The second kappa shape index (κ2) is 7.81. The third-order valence-electron chi connectivity index (χ3n) is 5.20. The molecule has 1 aliphatic carbocycles. The first-order valence-electron chi connectivity index (χ1n) is 8.87. The number of aryl methyl sites for hydroxylation is 2. The number of rotatable bonds is 6. The average molecular weight is 345 g/mol. The van der Waals surface area contributed by atoms with E-state index in [1.165, 1.54) is 0 Å². The Morgan fingerprint density at radius 3 is 2.60 bits per heavy atom. The topological polar surface area (TPSA) is 83.5 Å². The normalized spacial score (nSPS) is 23.1. The van der Waals surface area contributed by atoms with Gasteiger partial charge >= 0.3 is 5.97 Å². The summed E-state index contributed by atoms with van der Waals surface area (Å²) in [5.74, 6) is -1.75. The number of carboxylic acids is 1. The van der Waals surface area contributed by atoms with Crippen molar-refractivity contribution in [3.05, 3.63) is 34.9 Å². The maximum Gasteiger partial charge on any atom is 0.308 e. The van der Waals surface area contributed by atoms with Crippen LogP contribution in [0.15, 0.2) is 18.2 Å². The highest BCUT2D eigenvalue weighted by Crippen LogP contribution is 2.34. The molecule has 0 bridgehead atoms. The maximum absolute atomic E-state index is 12.4. The van der Waals surface area contributed by atoms with Gasteiger partial charge in [0.25, 0.3) is 0 Å². The summed E-state index contributed by atoms with van der Waals surface area (Å²) >= 11 is 0. The Hall–Kier alpha value is -2.17. The molecule has 25 heavy (non-hydrogen) atoms. The van der Waals surface area contributed by atoms with E-state index in [1.807, 2.05) is 32.0 Å². The van der Waals surface area contributed by atoms with Crippen LogP contribution in [0.2, 0.25) is 0 Å². The Labute approximate surface area is 148 Å². The van der Waals surface area contributed by atoms with E-state index in [9.17, 15) is 19.5 Å². The van der Waals surface area contributed by atoms with Crippen LogP contribution in [0.1, 0.15) is 66.9 Å². The predicted octanol–water partition coefficient (Wildman–Crippen LogP) is 3.42. The second-order valence-corrected chi connectivity index (χ2v) is 7.34.